The number of hydrogen-bond donors (Lipinski definition) is 0. The monoisotopic (exact) mass is 221 g/mol. The molecule has 0 N–H and O–H groups in total. The molecule has 0 saturated carbocycles. The first-order chi connectivity index (χ1) is 7.49. The topological polar surface area (TPSA) is 46.6 Å². The van der Waals surface area contributed by atoms with Crippen LogP contribution in [0.1, 0.15) is 26.3 Å². The average Bonchev–Trinajstić information content (AvgIpc) is 2.26. The van der Waals surface area contributed by atoms with Crippen LogP contribution in [0.2, 0.25) is 0 Å². The molecule has 4 heteroatoms. The van der Waals surface area contributed by atoms with E-state index >= 15 is 0 Å². The molecule has 0 unspecified atom stereocenters. The van der Waals surface area contributed by atoms with Crippen LogP contribution in [-0.4, -0.2) is 38.0 Å². The molecule has 0 spiro atoms. The fourth-order valence-corrected chi connectivity index (χ4v) is 1.46. The normalized spacial score (nSPS) is 9.75. The van der Waals surface area contributed by atoms with Crippen LogP contribution < -0.4 is 0 Å². The Balaban J connectivity index is 3.35. The highest BCUT2D eigenvalue weighted by atomic mass is 16.5. The van der Waals surface area contributed by atoms with E-state index in [0.29, 0.717) is 11.1 Å². The molecule has 0 radical (unpaired) electrons. The second-order valence-electron chi connectivity index (χ2n) is 3.69. The lowest BCUT2D eigenvalue weighted by Gasteiger charge is -2.15. The fraction of sp³-hybridized carbons (Fsp3) is 0.333. The van der Waals surface area contributed by atoms with Crippen LogP contribution in [0.3, 0.4) is 0 Å². The first kappa shape index (κ1) is 12.2. The molecule has 1 aromatic carbocycles. The van der Waals surface area contributed by atoms with Crippen LogP contribution >= 0.6 is 0 Å². The lowest BCUT2D eigenvalue weighted by atomic mass is 10.0. The van der Waals surface area contributed by atoms with Crippen molar-refractivity contribution >= 4 is 11.9 Å². The number of aryl methyl sites for hydroxylation is 1. The minimum absolute atomic E-state index is 0.196. The Kier molecular flexibility index (Phi) is 3.66. The maximum absolute atomic E-state index is 11.9. The quantitative estimate of drug-likeness (QED) is 0.711. The van der Waals surface area contributed by atoms with Crippen LogP contribution in [0.5, 0.6) is 0 Å². The lowest BCUT2D eigenvalue weighted by molar-refractivity contribution is 0.0593. The molecule has 0 aliphatic carbocycles. The van der Waals surface area contributed by atoms with Gasteiger partial charge >= 0.3 is 5.97 Å². The predicted octanol–water partition coefficient (Wildman–Crippen LogP) is 1.48. The summed E-state index contributed by atoms with van der Waals surface area (Å²) in [5, 5.41) is 0. The lowest BCUT2D eigenvalue weighted by Crippen LogP contribution is -2.25. The molecule has 1 rings (SSSR count). The van der Waals surface area contributed by atoms with Gasteiger partial charge in [0.05, 0.1) is 18.2 Å². The van der Waals surface area contributed by atoms with Gasteiger partial charge in [0.15, 0.2) is 0 Å². The molecule has 86 valence electrons. The summed E-state index contributed by atoms with van der Waals surface area (Å²) < 4.78 is 4.65. The SMILES string of the molecule is COC(=O)c1cccc(C)c1C(=O)N(C)C. The van der Waals surface area contributed by atoms with Crippen molar-refractivity contribution < 1.29 is 14.3 Å². The van der Waals surface area contributed by atoms with E-state index < -0.39 is 5.97 Å². The van der Waals surface area contributed by atoms with Crippen molar-refractivity contribution in [2.24, 2.45) is 0 Å². The molecule has 0 atom stereocenters. The number of carbonyl (C=O) groups excluding carboxylic acids is 2. The average molecular weight is 221 g/mol. The fourth-order valence-electron chi connectivity index (χ4n) is 1.46. The number of methoxy groups -OCH3 is 1. The Morgan fingerprint density at radius 1 is 1.25 bits per heavy atom. The largest absolute Gasteiger partial charge is 0.465 e. The van der Waals surface area contributed by atoms with Gasteiger partial charge in [-0.15, -0.1) is 0 Å². The summed E-state index contributed by atoms with van der Waals surface area (Å²) in [6, 6.07) is 5.12. The summed E-state index contributed by atoms with van der Waals surface area (Å²) in [6.07, 6.45) is 0. The highest BCUT2D eigenvalue weighted by molar-refractivity contribution is 6.06. The Morgan fingerprint density at radius 2 is 1.88 bits per heavy atom. The summed E-state index contributed by atoms with van der Waals surface area (Å²) in [5.74, 6) is -0.688. The van der Waals surface area contributed by atoms with E-state index in [1.165, 1.54) is 12.0 Å². The van der Waals surface area contributed by atoms with E-state index in [9.17, 15) is 9.59 Å². The second kappa shape index (κ2) is 4.79. The van der Waals surface area contributed by atoms with Crippen molar-refractivity contribution in [3.63, 3.8) is 0 Å². The Morgan fingerprint density at radius 3 is 2.38 bits per heavy atom. The van der Waals surface area contributed by atoms with E-state index in [1.54, 1.807) is 39.2 Å². The number of ether oxygens (including phenoxy) is 1. The van der Waals surface area contributed by atoms with Crippen molar-refractivity contribution in [2.75, 3.05) is 21.2 Å². The van der Waals surface area contributed by atoms with Crippen LogP contribution in [0.25, 0.3) is 0 Å². The standard InChI is InChI=1S/C12H15NO3/c1-8-6-5-7-9(12(15)16-4)10(8)11(14)13(2)3/h5-7H,1-4H3. The first-order valence-corrected chi connectivity index (χ1v) is 4.88. The van der Waals surface area contributed by atoms with Gasteiger partial charge in [0.25, 0.3) is 5.91 Å². The summed E-state index contributed by atoms with van der Waals surface area (Å²) in [6.45, 7) is 1.79. The van der Waals surface area contributed by atoms with Gasteiger partial charge in [-0.3, -0.25) is 4.79 Å². The number of amides is 1. The van der Waals surface area contributed by atoms with Crippen LogP contribution in [-0.2, 0) is 4.74 Å². The van der Waals surface area contributed by atoms with Gasteiger partial charge < -0.3 is 9.64 Å². The van der Waals surface area contributed by atoms with E-state index in [-0.39, 0.29) is 5.91 Å². The Labute approximate surface area is 94.8 Å². The highest BCUT2D eigenvalue weighted by Gasteiger charge is 2.20. The van der Waals surface area contributed by atoms with E-state index in [1.807, 2.05) is 0 Å². The van der Waals surface area contributed by atoms with Crippen molar-refractivity contribution in [3.05, 3.63) is 34.9 Å². The Bertz CT molecular complexity index is 424. The molecule has 0 saturated heterocycles. The van der Waals surface area contributed by atoms with E-state index in [2.05, 4.69) is 4.74 Å². The maximum atomic E-state index is 11.9. The number of carbonyl (C=O) groups is 2. The van der Waals surface area contributed by atoms with E-state index in [4.69, 9.17) is 0 Å². The number of nitrogens with zero attached hydrogens (tertiary/aromatic N) is 1. The molecule has 1 amide bonds. The van der Waals surface area contributed by atoms with Gasteiger partial charge in [0.1, 0.15) is 0 Å². The molecule has 4 nitrogen and oxygen atoms in total. The highest BCUT2D eigenvalue weighted by Crippen LogP contribution is 2.16. The Hall–Kier alpha value is -1.84. The van der Waals surface area contributed by atoms with Crippen LogP contribution in [0.4, 0.5) is 0 Å². The predicted molar refractivity (Wildman–Crippen MR) is 60.5 cm³/mol. The smallest absolute Gasteiger partial charge is 0.338 e. The van der Waals surface area contributed by atoms with Crippen molar-refractivity contribution in [1.29, 1.82) is 0 Å². The summed E-state index contributed by atoms with van der Waals surface area (Å²) >= 11 is 0. The molecule has 0 heterocycles. The van der Waals surface area contributed by atoms with Gasteiger partial charge in [-0.2, -0.15) is 0 Å². The molecule has 1 aromatic rings. The van der Waals surface area contributed by atoms with Gasteiger partial charge in [0, 0.05) is 14.1 Å². The van der Waals surface area contributed by atoms with E-state index in [0.717, 1.165) is 5.56 Å². The number of hydrogen-bond acceptors (Lipinski definition) is 3. The maximum Gasteiger partial charge on any atom is 0.338 e. The second-order valence-corrected chi connectivity index (χ2v) is 3.69. The zero-order valence-electron chi connectivity index (χ0n) is 9.90. The third kappa shape index (κ3) is 2.21. The minimum Gasteiger partial charge on any atom is -0.465 e. The number of esters is 1. The molecule has 16 heavy (non-hydrogen) atoms. The zero-order chi connectivity index (χ0) is 12.3. The van der Waals surface area contributed by atoms with Crippen molar-refractivity contribution in [3.8, 4) is 0 Å². The number of benzene rings is 1. The van der Waals surface area contributed by atoms with Crippen molar-refractivity contribution in [1.82, 2.24) is 4.90 Å². The minimum atomic E-state index is -0.492. The van der Waals surface area contributed by atoms with Gasteiger partial charge in [0.2, 0.25) is 0 Å². The zero-order valence-corrected chi connectivity index (χ0v) is 9.90. The van der Waals surface area contributed by atoms with Gasteiger partial charge in [-0.1, -0.05) is 12.1 Å². The van der Waals surface area contributed by atoms with Crippen LogP contribution in [0, 0.1) is 6.92 Å². The van der Waals surface area contributed by atoms with Gasteiger partial charge in [-0.05, 0) is 18.6 Å². The molecule has 0 fully saturated rings. The van der Waals surface area contributed by atoms with Gasteiger partial charge in [-0.25, -0.2) is 4.79 Å². The third-order valence-electron chi connectivity index (χ3n) is 2.30. The molecular formula is C12H15NO3. The summed E-state index contributed by atoms with van der Waals surface area (Å²) in [7, 11) is 4.60. The van der Waals surface area contributed by atoms with Crippen LogP contribution in [0.15, 0.2) is 18.2 Å². The third-order valence-corrected chi connectivity index (χ3v) is 2.30. The molecule has 0 bridgehead atoms. The first-order valence-electron chi connectivity index (χ1n) is 4.88. The molecule has 0 aliphatic rings. The summed E-state index contributed by atoms with van der Waals surface area (Å²) in [4.78, 5) is 24.9. The summed E-state index contributed by atoms with van der Waals surface area (Å²) in [5.41, 5.74) is 1.47. The molecule has 0 aromatic heterocycles. The molecular weight excluding hydrogens is 206 g/mol. The van der Waals surface area contributed by atoms with Crippen molar-refractivity contribution in [2.45, 2.75) is 6.92 Å². The molecule has 0 aliphatic heterocycles. The number of rotatable bonds is 2.